The average molecular weight is 468 g/mol. The number of aromatic nitrogens is 1. The molecule has 1 aliphatic heterocycles. The van der Waals surface area contributed by atoms with Gasteiger partial charge in [-0.25, -0.2) is 4.39 Å². The predicted octanol–water partition coefficient (Wildman–Crippen LogP) is 3.97. The van der Waals surface area contributed by atoms with Crippen LogP contribution in [0.1, 0.15) is 24.1 Å². The average Bonchev–Trinajstić information content (AvgIpc) is 3.32. The van der Waals surface area contributed by atoms with E-state index in [2.05, 4.69) is 15.8 Å². The van der Waals surface area contributed by atoms with Crippen molar-refractivity contribution in [3.05, 3.63) is 65.6 Å². The minimum atomic E-state index is -0.288. The Labute approximate surface area is 198 Å². The van der Waals surface area contributed by atoms with Gasteiger partial charge in [0.15, 0.2) is 17.3 Å². The molecule has 0 bridgehead atoms. The van der Waals surface area contributed by atoms with E-state index in [0.717, 1.165) is 36.3 Å². The van der Waals surface area contributed by atoms with Crippen molar-refractivity contribution in [3.63, 3.8) is 0 Å². The molecule has 1 aromatic heterocycles. The molecule has 1 amide bonds. The molecule has 8 heteroatoms. The van der Waals surface area contributed by atoms with Gasteiger partial charge in [0.2, 0.25) is 5.91 Å². The lowest BCUT2D eigenvalue weighted by Crippen LogP contribution is -2.40. The van der Waals surface area contributed by atoms with E-state index in [0.29, 0.717) is 36.6 Å². The van der Waals surface area contributed by atoms with Crippen LogP contribution in [0, 0.1) is 17.7 Å². The van der Waals surface area contributed by atoms with Gasteiger partial charge < -0.3 is 24.6 Å². The first-order valence-electron chi connectivity index (χ1n) is 11.5. The van der Waals surface area contributed by atoms with Crippen molar-refractivity contribution in [1.82, 2.24) is 15.8 Å². The highest BCUT2D eigenvalue weighted by Gasteiger charge is 2.28. The summed E-state index contributed by atoms with van der Waals surface area (Å²) in [5, 5.41) is 10.7. The van der Waals surface area contributed by atoms with Gasteiger partial charge in [0.25, 0.3) is 0 Å². The van der Waals surface area contributed by atoms with Crippen LogP contribution in [0.3, 0.4) is 0 Å². The SMILES string of the molecule is COc1ccc(CNC(=O)CC2CCNCC2Cc2cc(-c3ccc(F)cc3)on2)cc1OC. The Hall–Kier alpha value is -3.39. The molecule has 2 N–H and O–H groups in total. The number of carbonyl (C=O) groups excluding carboxylic acids is 1. The Morgan fingerprint density at radius 1 is 1.12 bits per heavy atom. The quantitative estimate of drug-likeness (QED) is 0.495. The first-order valence-corrected chi connectivity index (χ1v) is 11.5. The Kier molecular flexibility index (Phi) is 7.80. The maximum Gasteiger partial charge on any atom is 0.220 e. The highest BCUT2D eigenvalue weighted by Crippen LogP contribution is 2.29. The maximum absolute atomic E-state index is 13.2. The third-order valence-electron chi connectivity index (χ3n) is 6.31. The molecular weight excluding hydrogens is 437 g/mol. The van der Waals surface area contributed by atoms with Gasteiger partial charge in [-0.1, -0.05) is 11.2 Å². The highest BCUT2D eigenvalue weighted by atomic mass is 19.1. The third-order valence-corrected chi connectivity index (χ3v) is 6.31. The van der Waals surface area contributed by atoms with Gasteiger partial charge in [-0.2, -0.15) is 0 Å². The summed E-state index contributed by atoms with van der Waals surface area (Å²) < 4.78 is 29.3. The molecule has 1 aliphatic rings. The fraction of sp³-hybridized carbons (Fsp3) is 0.385. The molecule has 2 aromatic carbocycles. The number of methoxy groups -OCH3 is 2. The second-order valence-corrected chi connectivity index (χ2v) is 8.58. The van der Waals surface area contributed by atoms with Crippen LogP contribution < -0.4 is 20.1 Å². The number of amides is 1. The van der Waals surface area contributed by atoms with Gasteiger partial charge in [0.05, 0.1) is 19.9 Å². The van der Waals surface area contributed by atoms with Crippen LogP contribution in [0.25, 0.3) is 11.3 Å². The molecule has 0 radical (unpaired) electrons. The summed E-state index contributed by atoms with van der Waals surface area (Å²) in [6.07, 6.45) is 2.10. The standard InChI is InChI=1S/C26H30FN3O4/c1-32-23-8-3-17(11-25(23)33-2)15-29-26(31)13-19-9-10-28-16-20(19)12-22-14-24(34-30-22)18-4-6-21(27)7-5-18/h3-8,11,14,19-20,28H,9-10,12-13,15-16H2,1-2H3,(H,29,31). The molecule has 180 valence electrons. The summed E-state index contributed by atoms with van der Waals surface area (Å²) in [5.41, 5.74) is 2.57. The topological polar surface area (TPSA) is 85.6 Å². The number of piperidine rings is 1. The minimum absolute atomic E-state index is 0.0267. The number of benzene rings is 2. The highest BCUT2D eigenvalue weighted by molar-refractivity contribution is 5.76. The lowest BCUT2D eigenvalue weighted by atomic mass is 9.81. The van der Waals surface area contributed by atoms with Crippen LogP contribution in [-0.2, 0) is 17.8 Å². The summed E-state index contributed by atoms with van der Waals surface area (Å²) in [5.74, 6) is 2.17. The molecule has 0 saturated carbocycles. The Bertz CT molecular complexity index is 1100. The fourth-order valence-electron chi connectivity index (χ4n) is 4.41. The molecule has 1 saturated heterocycles. The van der Waals surface area contributed by atoms with Gasteiger partial charge in [-0.3, -0.25) is 4.79 Å². The molecule has 7 nitrogen and oxygen atoms in total. The Balaban J connectivity index is 1.33. The summed E-state index contributed by atoms with van der Waals surface area (Å²) in [4.78, 5) is 12.7. The number of nitrogens with one attached hydrogen (secondary N) is 2. The van der Waals surface area contributed by atoms with Crippen molar-refractivity contribution in [2.75, 3.05) is 27.3 Å². The van der Waals surface area contributed by atoms with E-state index in [1.807, 2.05) is 24.3 Å². The molecular formula is C26H30FN3O4. The van der Waals surface area contributed by atoms with Gasteiger partial charge in [-0.05, 0) is 79.7 Å². The normalized spacial score (nSPS) is 17.9. The zero-order valence-electron chi connectivity index (χ0n) is 19.5. The zero-order chi connectivity index (χ0) is 23.9. The summed E-state index contributed by atoms with van der Waals surface area (Å²) in [7, 11) is 3.19. The molecule has 1 fully saturated rings. The zero-order valence-corrected chi connectivity index (χ0v) is 19.5. The van der Waals surface area contributed by atoms with E-state index >= 15 is 0 Å². The van der Waals surface area contributed by atoms with E-state index in [4.69, 9.17) is 14.0 Å². The molecule has 3 aromatic rings. The van der Waals surface area contributed by atoms with Gasteiger partial charge in [0.1, 0.15) is 5.82 Å². The van der Waals surface area contributed by atoms with E-state index < -0.39 is 0 Å². The largest absolute Gasteiger partial charge is 0.493 e. The van der Waals surface area contributed by atoms with Gasteiger partial charge in [0, 0.05) is 24.6 Å². The number of hydrogen-bond acceptors (Lipinski definition) is 6. The van der Waals surface area contributed by atoms with Gasteiger partial charge >= 0.3 is 0 Å². The second-order valence-electron chi connectivity index (χ2n) is 8.58. The number of ether oxygens (including phenoxy) is 2. The third kappa shape index (κ3) is 5.94. The smallest absolute Gasteiger partial charge is 0.220 e. The fourth-order valence-corrected chi connectivity index (χ4v) is 4.41. The van der Waals surface area contributed by atoms with Crippen molar-refractivity contribution in [2.45, 2.75) is 25.8 Å². The molecule has 34 heavy (non-hydrogen) atoms. The number of hydrogen-bond donors (Lipinski definition) is 2. The van der Waals surface area contributed by atoms with Crippen LogP contribution >= 0.6 is 0 Å². The monoisotopic (exact) mass is 467 g/mol. The van der Waals surface area contributed by atoms with Crippen molar-refractivity contribution in [2.24, 2.45) is 11.8 Å². The molecule has 2 atom stereocenters. The van der Waals surface area contributed by atoms with E-state index in [1.165, 1.54) is 12.1 Å². The molecule has 2 heterocycles. The van der Waals surface area contributed by atoms with Crippen molar-refractivity contribution < 1.29 is 23.2 Å². The van der Waals surface area contributed by atoms with Crippen LogP contribution in [0.5, 0.6) is 11.5 Å². The molecule has 4 rings (SSSR count). The summed E-state index contributed by atoms with van der Waals surface area (Å²) in [6, 6.07) is 13.7. The second kappa shape index (κ2) is 11.2. The molecule has 0 aliphatic carbocycles. The lowest BCUT2D eigenvalue weighted by molar-refractivity contribution is -0.122. The van der Waals surface area contributed by atoms with Gasteiger partial charge in [-0.15, -0.1) is 0 Å². The van der Waals surface area contributed by atoms with Crippen LogP contribution in [0.2, 0.25) is 0 Å². The maximum atomic E-state index is 13.2. The van der Waals surface area contributed by atoms with Crippen LogP contribution in [0.4, 0.5) is 4.39 Å². The summed E-state index contributed by atoms with van der Waals surface area (Å²) in [6.45, 7) is 2.15. The number of halogens is 1. The van der Waals surface area contributed by atoms with E-state index in [-0.39, 0.29) is 23.6 Å². The predicted molar refractivity (Wildman–Crippen MR) is 126 cm³/mol. The molecule has 2 unspecified atom stereocenters. The Morgan fingerprint density at radius 2 is 1.91 bits per heavy atom. The van der Waals surface area contributed by atoms with Crippen LogP contribution in [-0.4, -0.2) is 38.4 Å². The molecule has 0 spiro atoms. The minimum Gasteiger partial charge on any atom is -0.493 e. The lowest BCUT2D eigenvalue weighted by Gasteiger charge is -2.31. The number of nitrogens with zero attached hydrogens (tertiary/aromatic N) is 1. The van der Waals surface area contributed by atoms with Crippen molar-refractivity contribution in [1.29, 1.82) is 0 Å². The van der Waals surface area contributed by atoms with Crippen molar-refractivity contribution in [3.8, 4) is 22.8 Å². The van der Waals surface area contributed by atoms with E-state index in [1.54, 1.807) is 26.4 Å². The van der Waals surface area contributed by atoms with Crippen LogP contribution in [0.15, 0.2) is 53.1 Å². The first kappa shape index (κ1) is 23.8. The summed E-state index contributed by atoms with van der Waals surface area (Å²) >= 11 is 0. The Morgan fingerprint density at radius 3 is 2.68 bits per heavy atom. The van der Waals surface area contributed by atoms with E-state index in [9.17, 15) is 9.18 Å². The number of carbonyl (C=O) groups is 1. The number of rotatable bonds is 9. The van der Waals surface area contributed by atoms with Crippen molar-refractivity contribution >= 4 is 5.91 Å². The first-order chi connectivity index (χ1) is 16.6.